The summed E-state index contributed by atoms with van der Waals surface area (Å²) in [6.07, 6.45) is 8.82. The first-order valence-electron chi connectivity index (χ1n) is 10.6. The Morgan fingerprint density at radius 2 is 1.56 bits per heavy atom. The van der Waals surface area contributed by atoms with Crippen LogP contribution in [0.4, 0.5) is 0 Å². The summed E-state index contributed by atoms with van der Waals surface area (Å²) in [6, 6.07) is 8.73. The van der Waals surface area contributed by atoms with Crippen LogP contribution in [0.5, 0.6) is 0 Å². The third-order valence-electron chi connectivity index (χ3n) is 6.20. The van der Waals surface area contributed by atoms with Gasteiger partial charge in [-0.1, -0.05) is 31.4 Å². The van der Waals surface area contributed by atoms with Gasteiger partial charge >= 0.3 is 0 Å². The highest BCUT2D eigenvalue weighted by molar-refractivity contribution is 5.94. The van der Waals surface area contributed by atoms with Gasteiger partial charge in [-0.2, -0.15) is 0 Å². The molecule has 1 aliphatic heterocycles. The Morgan fingerprint density at radius 1 is 0.889 bits per heavy atom. The van der Waals surface area contributed by atoms with Crippen molar-refractivity contribution < 1.29 is 9.59 Å². The number of piperazine rings is 1. The van der Waals surface area contributed by atoms with Gasteiger partial charge in [0.25, 0.3) is 5.91 Å². The lowest BCUT2D eigenvalue weighted by Crippen LogP contribution is -2.51. The second-order valence-electron chi connectivity index (χ2n) is 8.37. The third-order valence-corrected chi connectivity index (χ3v) is 6.20. The Labute approximate surface area is 162 Å². The van der Waals surface area contributed by atoms with Crippen molar-refractivity contribution in [3.63, 3.8) is 0 Å². The van der Waals surface area contributed by atoms with E-state index in [0.29, 0.717) is 31.6 Å². The fourth-order valence-corrected chi connectivity index (χ4v) is 4.33. The summed E-state index contributed by atoms with van der Waals surface area (Å²) in [7, 11) is 0. The molecule has 1 heterocycles. The van der Waals surface area contributed by atoms with Crippen molar-refractivity contribution in [3.8, 4) is 0 Å². The minimum atomic E-state index is 0.118. The second kappa shape index (κ2) is 8.42. The number of nitrogens with one attached hydrogen (secondary N) is 1. The number of amides is 2. The van der Waals surface area contributed by atoms with E-state index < -0.39 is 0 Å². The molecule has 4 rings (SSSR count). The number of hydrogen-bond donors (Lipinski definition) is 1. The summed E-state index contributed by atoms with van der Waals surface area (Å²) < 4.78 is 0. The van der Waals surface area contributed by atoms with Crippen molar-refractivity contribution >= 4 is 11.8 Å². The zero-order valence-corrected chi connectivity index (χ0v) is 16.2. The second-order valence-corrected chi connectivity index (χ2v) is 8.37. The Morgan fingerprint density at radius 3 is 2.19 bits per heavy atom. The van der Waals surface area contributed by atoms with Crippen LogP contribution in [0, 0.1) is 0 Å². The SMILES string of the molecule is O=C(CN1CCN(C(=O)c2ccc(C3CCCCC3)cc2)CC1)NC1CC1. The first-order chi connectivity index (χ1) is 13.2. The van der Waals surface area contributed by atoms with E-state index in [2.05, 4.69) is 22.3 Å². The molecule has 2 aliphatic carbocycles. The highest BCUT2D eigenvalue weighted by Crippen LogP contribution is 2.32. The van der Waals surface area contributed by atoms with Crippen LogP contribution in [0.1, 0.15) is 66.8 Å². The molecule has 5 heteroatoms. The Hall–Kier alpha value is -1.88. The number of benzene rings is 1. The fraction of sp³-hybridized carbons (Fsp3) is 0.636. The molecule has 0 atom stereocenters. The minimum absolute atomic E-state index is 0.118. The molecule has 27 heavy (non-hydrogen) atoms. The topological polar surface area (TPSA) is 52.7 Å². The lowest BCUT2D eigenvalue weighted by atomic mass is 9.84. The van der Waals surface area contributed by atoms with Crippen LogP contribution in [0.2, 0.25) is 0 Å². The standard InChI is InChI=1S/C22H31N3O2/c26-21(23-20-10-11-20)16-24-12-14-25(15-13-24)22(27)19-8-6-18(7-9-19)17-4-2-1-3-5-17/h6-9,17,20H,1-5,10-16H2,(H,23,26). The molecular weight excluding hydrogens is 338 g/mol. The van der Waals surface area contributed by atoms with E-state index >= 15 is 0 Å². The Kier molecular flexibility index (Phi) is 5.77. The lowest BCUT2D eigenvalue weighted by molar-refractivity contribution is -0.122. The van der Waals surface area contributed by atoms with E-state index in [1.54, 1.807) is 0 Å². The molecule has 0 spiro atoms. The van der Waals surface area contributed by atoms with Gasteiger partial charge in [0, 0.05) is 37.8 Å². The summed E-state index contributed by atoms with van der Waals surface area (Å²) in [5, 5.41) is 3.03. The van der Waals surface area contributed by atoms with E-state index in [0.717, 1.165) is 31.5 Å². The quantitative estimate of drug-likeness (QED) is 0.868. The van der Waals surface area contributed by atoms with Crippen LogP contribution in [-0.4, -0.2) is 60.4 Å². The molecule has 0 aromatic heterocycles. The third kappa shape index (κ3) is 4.89. The molecule has 3 fully saturated rings. The maximum absolute atomic E-state index is 12.8. The van der Waals surface area contributed by atoms with Crippen LogP contribution in [0.25, 0.3) is 0 Å². The molecule has 1 aromatic rings. The van der Waals surface area contributed by atoms with Crippen LogP contribution >= 0.6 is 0 Å². The number of carbonyl (C=O) groups is 2. The van der Waals surface area contributed by atoms with Gasteiger partial charge in [0.15, 0.2) is 0 Å². The smallest absolute Gasteiger partial charge is 0.253 e. The predicted molar refractivity (Wildman–Crippen MR) is 106 cm³/mol. The van der Waals surface area contributed by atoms with Crippen LogP contribution < -0.4 is 5.32 Å². The number of nitrogens with zero attached hydrogens (tertiary/aromatic N) is 2. The molecular formula is C22H31N3O2. The summed E-state index contributed by atoms with van der Waals surface area (Å²) in [6.45, 7) is 3.38. The Bertz CT molecular complexity index is 655. The largest absolute Gasteiger partial charge is 0.352 e. The van der Waals surface area contributed by atoms with Gasteiger partial charge in [-0.3, -0.25) is 14.5 Å². The van der Waals surface area contributed by atoms with Gasteiger partial charge in [-0.25, -0.2) is 0 Å². The van der Waals surface area contributed by atoms with E-state index in [-0.39, 0.29) is 11.8 Å². The average molecular weight is 370 g/mol. The first kappa shape index (κ1) is 18.5. The molecule has 3 aliphatic rings. The summed E-state index contributed by atoms with van der Waals surface area (Å²) in [5.41, 5.74) is 2.17. The van der Waals surface area contributed by atoms with Gasteiger partial charge in [-0.05, 0) is 49.3 Å². The molecule has 0 bridgehead atoms. The molecule has 2 amide bonds. The lowest BCUT2D eigenvalue weighted by Gasteiger charge is -2.34. The van der Waals surface area contributed by atoms with Crippen LogP contribution in [-0.2, 0) is 4.79 Å². The highest BCUT2D eigenvalue weighted by Gasteiger charge is 2.26. The zero-order chi connectivity index (χ0) is 18.6. The van der Waals surface area contributed by atoms with E-state index in [1.807, 2.05) is 17.0 Å². The first-order valence-corrected chi connectivity index (χ1v) is 10.6. The maximum Gasteiger partial charge on any atom is 0.253 e. The summed E-state index contributed by atoms with van der Waals surface area (Å²) in [4.78, 5) is 28.8. The van der Waals surface area contributed by atoms with Crippen molar-refractivity contribution in [1.29, 1.82) is 0 Å². The number of hydrogen-bond acceptors (Lipinski definition) is 3. The summed E-state index contributed by atoms with van der Waals surface area (Å²) in [5.74, 6) is 0.913. The fourth-order valence-electron chi connectivity index (χ4n) is 4.33. The van der Waals surface area contributed by atoms with Gasteiger partial charge in [-0.15, -0.1) is 0 Å². The number of rotatable bonds is 5. The van der Waals surface area contributed by atoms with Gasteiger partial charge in [0.05, 0.1) is 6.54 Å². The van der Waals surface area contributed by atoms with Gasteiger partial charge < -0.3 is 10.2 Å². The number of carbonyl (C=O) groups excluding carboxylic acids is 2. The molecule has 0 unspecified atom stereocenters. The summed E-state index contributed by atoms with van der Waals surface area (Å²) >= 11 is 0. The molecule has 0 radical (unpaired) electrons. The van der Waals surface area contributed by atoms with Crippen molar-refractivity contribution in [3.05, 3.63) is 35.4 Å². The zero-order valence-electron chi connectivity index (χ0n) is 16.2. The molecule has 1 N–H and O–H groups in total. The van der Waals surface area contributed by atoms with Gasteiger partial charge in [0.1, 0.15) is 0 Å². The molecule has 1 aromatic carbocycles. The van der Waals surface area contributed by atoms with Crippen molar-refractivity contribution in [2.45, 2.75) is 56.9 Å². The van der Waals surface area contributed by atoms with Crippen LogP contribution in [0.15, 0.2) is 24.3 Å². The molecule has 5 nitrogen and oxygen atoms in total. The Balaban J connectivity index is 1.26. The van der Waals surface area contributed by atoms with Crippen molar-refractivity contribution in [1.82, 2.24) is 15.1 Å². The average Bonchev–Trinajstić information content (AvgIpc) is 3.53. The molecule has 2 saturated carbocycles. The maximum atomic E-state index is 12.8. The molecule has 146 valence electrons. The molecule has 1 saturated heterocycles. The van der Waals surface area contributed by atoms with Crippen LogP contribution in [0.3, 0.4) is 0 Å². The normalized spacial score (nSPS) is 21.9. The minimum Gasteiger partial charge on any atom is -0.352 e. The van der Waals surface area contributed by atoms with Crippen molar-refractivity contribution in [2.75, 3.05) is 32.7 Å². The van der Waals surface area contributed by atoms with Gasteiger partial charge in [0.2, 0.25) is 5.91 Å². The predicted octanol–water partition coefficient (Wildman–Crippen LogP) is 2.77. The van der Waals surface area contributed by atoms with E-state index in [9.17, 15) is 9.59 Å². The van der Waals surface area contributed by atoms with E-state index in [4.69, 9.17) is 0 Å². The highest BCUT2D eigenvalue weighted by atomic mass is 16.2. The van der Waals surface area contributed by atoms with Crippen molar-refractivity contribution in [2.24, 2.45) is 0 Å². The van der Waals surface area contributed by atoms with E-state index in [1.165, 1.54) is 37.7 Å². The monoisotopic (exact) mass is 369 g/mol.